The van der Waals surface area contributed by atoms with Crippen LogP contribution in [-0.2, 0) is 11.2 Å². The maximum absolute atomic E-state index is 12.6. The maximum Gasteiger partial charge on any atom is 0.243 e. The molecule has 0 saturated heterocycles. The van der Waals surface area contributed by atoms with Gasteiger partial charge in [0.2, 0.25) is 11.8 Å². The van der Waals surface area contributed by atoms with Gasteiger partial charge in [0.25, 0.3) is 0 Å². The van der Waals surface area contributed by atoms with Gasteiger partial charge in [-0.1, -0.05) is 30.3 Å². The molecule has 1 N–H and O–H groups in total. The molecule has 2 heterocycles. The number of hydrogen-bond acceptors (Lipinski definition) is 4. The molecule has 0 aliphatic rings. The molecule has 0 atom stereocenters. The lowest BCUT2D eigenvalue weighted by molar-refractivity contribution is -0.116. The highest BCUT2D eigenvalue weighted by atomic mass is 16.5. The molecule has 6 heteroatoms. The summed E-state index contributed by atoms with van der Waals surface area (Å²) in [6, 6.07) is 19.3. The average Bonchev–Trinajstić information content (AvgIpc) is 3.27. The van der Waals surface area contributed by atoms with Crippen LogP contribution in [0.2, 0.25) is 0 Å². The number of para-hydroxylation sites is 1. The molecule has 1 amide bonds. The molecule has 0 fully saturated rings. The Morgan fingerprint density at radius 1 is 1.03 bits per heavy atom. The fourth-order valence-electron chi connectivity index (χ4n) is 3.19. The first-order chi connectivity index (χ1) is 15.1. The molecule has 0 unspecified atom stereocenters. The van der Waals surface area contributed by atoms with E-state index >= 15 is 0 Å². The van der Waals surface area contributed by atoms with E-state index < -0.39 is 0 Å². The van der Waals surface area contributed by atoms with Crippen LogP contribution in [0, 0.1) is 13.8 Å². The quantitative estimate of drug-likeness (QED) is 0.450. The second-order valence-corrected chi connectivity index (χ2v) is 7.33. The molecule has 156 valence electrons. The summed E-state index contributed by atoms with van der Waals surface area (Å²) >= 11 is 0. The van der Waals surface area contributed by atoms with Gasteiger partial charge in [-0.25, -0.2) is 9.67 Å². The molecular formula is C25H24N4O2. The van der Waals surface area contributed by atoms with Crippen LogP contribution in [-0.4, -0.2) is 20.7 Å². The highest BCUT2D eigenvalue weighted by Crippen LogP contribution is 2.30. The van der Waals surface area contributed by atoms with Crippen molar-refractivity contribution in [1.82, 2.24) is 14.8 Å². The van der Waals surface area contributed by atoms with E-state index in [0.717, 1.165) is 28.1 Å². The van der Waals surface area contributed by atoms with Crippen LogP contribution < -0.4 is 10.1 Å². The lowest BCUT2D eigenvalue weighted by Crippen LogP contribution is -2.13. The van der Waals surface area contributed by atoms with Crippen LogP contribution in [0.25, 0.3) is 5.69 Å². The molecule has 4 rings (SSSR count). The lowest BCUT2D eigenvalue weighted by Gasteiger charge is -2.13. The molecule has 0 bridgehead atoms. The zero-order valence-electron chi connectivity index (χ0n) is 17.6. The molecule has 0 aliphatic heterocycles. The second kappa shape index (κ2) is 9.26. The number of pyridine rings is 1. The first-order valence-corrected chi connectivity index (χ1v) is 10.2. The Hall–Kier alpha value is -3.93. The third-order valence-electron chi connectivity index (χ3n) is 5.10. The van der Waals surface area contributed by atoms with Crippen LogP contribution in [0.4, 0.5) is 5.69 Å². The van der Waals surface area contributed by atoms with Gasteiger partial charge in [0.05, 0.1) is 11.9 Å². The van der Waals surface area contributed by atoms with Crippen molar-refractivity contribution in [1.29, 1.82) is 0 Å². The van der Waals surface area contributed by atoms with Crippen molar-refractivity contribution in [2.75, 3.05) is 5.32 Å². The number of aromatic nitrogens is 3. The van der Waals surface area contributed by atoms with Gasteiger partial charge in [-0.15, -0.1) is 0 Å². The minimum atomic E-state index is -0.105. The first-order valence-electron chi connectivity index (χ1n) is 10.2. The summed E-state index contributed by atoms with van der Waals surface area (Å²) in [5.41, 5.74) is 4.71. The summed E-state index contributed by atoms with van der Waals surface area (Å²) in [7, 11) is 0. The Kier molecular flexibility index (Phi) is 6.08. The monoisotopic (exact) mass is 412 g/mol. The normalized spacial score (nSPS) is 10.6. The van der Waals surface area contributed by atoms with Crippen LogP contribution in [0.1, 0.15) is 23.1 Å². The number of ether oxygens (including phenoxy) is 1. The van der Waals surface area contributed by atoms with E-state index in [1.165, 1.54) is 0 Å². The molecule has 4 aromatic rings. The highest BCUT2D eigenvalue weighted by molar-refractivity contribution is 5.92. The van der Waals surface area contributed by atoms with E-state index in [-0.39, 0.29) is 5.91 Å². The Labute approximate surface area is 181 Å². The largest absolute Gasteiger partial charge is 0.437 e. The van der Waals surface area contributed by atoms with E-state index in [4.69, 9.17) is 4.74 Å². The molecule has 0 aliphatic carbocycles. The number of rotatable bonds is 7. The summed E-state index contributed by atoms with van der Waals surface area (Å²) in [5, 5.41) is 7.30. The summed E-state index contributed by atoms with van der Waals surface area (Å²) in [6.07, 6.45) is 6.31. The number of aryl methyl sites for hydroxylation is 2. The molecule has 31 heavy (non-hydrogen) atoms. The summed E-state index contributed by atoms with van der Waals surface area (Å²) < 4.78 is 7.81. The van der Waals surface area contributed by atoms with Crippen molar-refractivity contribution in [2.45, 2.75) is 26.7 Å². The minimum absolute atomic E-state index is 0.105. The van der Waals surface area contributed by atoms with Crippen LogP contribution in [0.5, 0.6) is 11.6 Å². The number of nitrogens with zero attached hydrogens (tertiary/aromatic N) is 3. The van der Waals surface area contributed by atoms with Gasteiger partial charge in [-0.05, 0) is 67.3 Å². The molecule has 0 spiro atoms. The summed E-state index contributed by atoms with van der Waals surface area (Å²) in [5.74, 6) is 0.996. The van der Waals surface area contributed by atoms with E-state index in [1.807, 2.05) is 73.3 Å². The fraction of sp³-hybridized carbons (Fsp3) is 0.160. The van der Waals surface area contributed by atoms with Crippen molar-refractivity contribution < 1.29 is 9.53 Å². The van der Waals surface area contributed by atoms with Crippen molar-refractivity contribution in [3.8, 4) is 17.3 Å². The van der Waals surface area contributed by atoms with E-state index in [9.17, 15) is 4.79 Å². The number of carbonyl (C=O) groups excluding carboxylic acids is 1. The third kappa shape index (κ3) is 4.98. The lowest BCUT2D eigenvalue weighted by atomic mass is 10.1. The first kappa shape index (κ1) is 20.3. The third-order valence-corrected chi connectivity index (χ3v) is 5.10. The number of anilines is 1. The molecule has 2 aromatic heterocycles. The van der Waals surface area contributed by atoms with Crippen molar-refractivity contribution in [3.05, 3.63) is 95.9 Å². The van der Waals surface area contributed by atoms with Gasteiger partial charge in [0.1, 0.15) is 11.4 Å². The number of nitrogens with one attached hydrogen (secondary N) is 1. The Bertz CT molecular complexity index is 1190. The van der Waals surface area contributed by atoms with E-state index in [2.05, 4.69) is 15.4 Å². The Morgan fingerprint density at radius 3 is 2.71 bits per heavy atom. The Balaban J connectivity index is 1.39. The van der Waals surface area contributed by atoms with Gasteiger partial charge in [-0.2, -0.15) is 5.10 Å². The van der Waals surface area contributed by atoms with Gasteiger partial charge in [0, 0.05) is 18.8 Å². The fourth-order valence-corrected chi connectivity index (χ4v) is 3.19. The maximum atomic E-state index is 12.6. The summed E-state index contributed by atoms with van der Waals surface area (Å²) in [4.78, 5) is 16.9. The molecular weight excluding hydrogens is 388 g/mol. The SMILES string of the molecule is Cc1cccc(Oc2ncccc2NC(=O)CCc2cnn(-c3ccccc3)c2)c1C. The zero-order valence-corrected chi connectivity index (χ0v) is 17.6. The van der Waals surface area contributed by atoms with E-state index in [0.29, 0.717) is 24.4 Å². The van der Waals surface area contributed by atoms with Gasteiger partial charge < -0.3 is 10.1 Å². The zero-order chi connectivity index (χ0) is 21.6. The standard InChI is InChI=1S/C25H24N4O2/c1-18-8-6-12-23(19(18)2)31-25-22(11-7-15-26-25)28-24(30)14-13-20-16-27-29(17-20)21-9-4-3-5-10-21/h3-12,15-17H,13-14H2,1-2H3,(H,28,30). The molecule has 6 nitrogen and oxygen atoms in total. The van der Waals surface area contributed by atoms with Crippen LogP contribution >= 0.6 is 0 Å². The average molecular weight is 412 g/mol. The predicted molar refractivity (Wildman–Crippen MR) is 121 cm³/mol. The smallest absolute Gasteiger partial charge is 0.243 e. The molecule has 2 aromatic carbocycles. The number of hydrogen-bond donors (Lipinski definition) is 1. The number of benzene rings is 2. The minimum Gasteiger partial charge on any atom is -0.437 e. The van der Waals surface area contributed by atoms with Crippen molar-refractivity contribution >= 4 is 11.6 Å². The second-order valence-electron chi connectivity index (χ2n) is 7.33. The molecule has 0 saturated carbocycles. The van der Waals surface area contributed by atoms with Crippen LogP contribution in [0.3, 0.4) is 0 Å². The van der Waals surface area contributed by atoms with Gasteiger partial charge in [-0.3, -0.25) is 4.79 Å². The predicted octanol–water partition coefficient (Wildman–Crippen LogP) is 5.25. The highest BCUT2D eigenvalue weighted by Gasteiger charge is 2.12. The van der Waals surface area contributed by atoms with Gasteiger partial charge >= 0.3 is 0 Å². The Morgan fingerprint density at radius 2 is 1.87 bits per heavy atom. The summed E-state index contributed by atoms with van der Waals surface area (Å²) in [6.45, 7) is 4.03. The number of carbonyl (C=O) groups is 1. The van der Waals surface area contributed by atoms with Crippen molar-refractivity contribution in [3.63, 3.8) is 0 Å². The molecule has 0 radical (unpaired) electrons. The van der Waals surface area contributed by atoms with Crippen LogP contribution in [0.15, 0.2) is 79.3 Å². The van der Waals surface area contributed by atoms with Gasteiger partial charge in [0.15, 0.2) is 0 Å². The van der Waals surface area contributed by atoms with E-state index in [1.54, 1.807) is 24.5 Å². The number of amides is 1. The van der Waals surface area contributed by atoms with Crippen molar-refractivity contribution in [2.24, 2.45) is 0 Å². The topological polar surface area (TPSA) is 69.0 Å².